The summed E-state index contributed by atoms with van der Waals surface area (Å²) >= 11 is 0. The molecular weight excluding hydrogens is 366 g/mol. The van der Waals surface area contributed by atoms with Crippen LogP contribution in [-0.4, -0.2) is 55.9 Å². The number of nitrogens with one attached hydrogen (secondary N) is 1. The number of ether oxygens (including phenoxy) is 1. The number of anilines is 1. The number of alkyl halides is 4. The van der Waals surface area contributed by atoms with Crippen molar-refractivity contribution in [3.05, 3.63) is 30.2 Å². The highest BCUT2D eigenvalue weighted by Gasteiger charge is 2.41. The number of carboxylic acid groups (broad SMARTS) is 1. The zero-order valence-corrected chi connectivity index (χ0v) is 12.8. The lowest BCUT2D eigenvalue weighted by Gasteiger charge is -2.15. The number of amides is 1. The zero-order valence-electron chi connectivity index (χ0n) is 12.8. The lowest BCUT2D eigenvalue weighted by Crippen LogP contribution is -2.33. The average molecular weight is 377 g/mol. The van der Waals surface area contributed by atoms with Gasteiger partial charge in [-0.1, -0.05) is 5.21 Å². The van der Waals surface area contributed by atoms with Crippen molar-refractivity contribution in [2.75, 3.05) is 11.9 Å². The number of aromatic nitrogens is 4. The van der Waals surface area contributed by atoms with Crippen LogP contribution < -0.4 is 10.1 Å². The van der Waals surface area contributed by atoms with Gasteiger partial charge in [0.2, 0.25) is 11.8 Å². The number of hydrogen-bond donors (Lipinski definition) is 2. The summed E-state index contributed by atoms with van der Waals surface area (Å²) in [4.78, 5) is 26.0. The summed E-state index contributed by atoms with van der Waals surface area (Å²) in [5, 5.41) is 17.9. The van der Waals surface area contributed by atoms with E-state index < -0.39 is 30.8 Å². The average Bonchev–Trinajstić information content (AvgIpc) is 3.02. The highest BCUT2D eigenvalue weighted by Crippen LogP contribution is 2.24. The molecule has 2 aromatic heterocycles. The highest BCUT2D eigenvalue weighted by molar-refractivity contribution is 5.90. The topological polar surface area (TPSA) is 119 Å². The van der Waals surface area contributed by atoms with Gasteiger partial charge in [0.05, 0.1) is 18.1 Å². The fourth-order valence-corrected chi connectivity index (χ4v) is 1.59. The number of aromatic carboxylic acids is 1. The van der Waals surface area contributed by atoms with E-state index in [-0.39, 0.29) is 23.8 Å². The van der Waals surface area contributed by atoms with Gasteiger partial charge in [-0.05, 0) is 6.07 Å². The quantitative estimate of drug-likeness (QED) is 0.665. The fraction of sp³-hybridized carbons (Fsp3) is 0.308. The summed E-state index contributed by atoms with van der Waals surface area (Å²) in [5.41, 5.74) is -0.164. The first-order valence-electron chi connectivity index (χ1n) is 6.85. The molecule has 26 heavy (non-hydrogen) atoms. The molecule has 0 aromatic carbocycles. The molecule has 0 spiro atoms. The van der Waals surface area contributed by atoms with E-state index in [1.807, 2.05) is 0 Å². The van der Waals surface area contributed by atoms with Crippen molar-refractivity contribution >= 4 is 17.6 Å². The molecule has 2 N–H and O–H groups in total. The van der Waals surface area contributed by atoms with E-state index in [2.05, 4.69) is 25.3 Å². The first kappa shape index (κ1) is 19.1. The van der Waals surface area contributed by atoms with Crippen LogP contribution in [0.1, 0.15) is 10.5 Å². The van der Waals surface area contributed by atoms with Crippen LogP contribution in [-0.2, 0) is 11.3 Å². The van der Waals surface area contributed by atoms with Gasteiger partial charge in [0.15, 0.2) is 12.3 Å². The Morgan fingerprint density at radius 2 is 2.08 bits per heavy atom. The summed E-state index contributed by atoms with van der Waals surface area (Å²) in [6.45, 7) is -1.87. The SMILES string of the molecule is O=C(Cn1cc(C(=O)O)nn1)Nc1ccc(OCC(F)(F)C(F)F)nc1. The molecule has 13 heteroatoms. The van der Waals surface area contributed by atoms with Gasteiger partial charge in [0, 0.05) is 6.07 Å². The summed E-state index contributed by atoms with van der Waals surface area (Å²) in [7, 11) is 0. The number of carbonyl (C=O) groups excluding carboxylic acids is 1. The fourth-order valence-electron chi connectivity index (χ4n) is 1.59. The Morgan fingerprint density at radius 3 is 2.62 bits per heavy atom. The molecule has 2 aromatic rings. The minimum absolute atomic E-state index is 0.168. The van der Waals surface area contributed by atoms with E-state index in [0.717, 1.165) is 23.1 Å². The van der Waals surface area contributed by atoms with Crippen molar-refractivity contribution in [3.8, 4) is 5.88 Å². The summed E-state index contributed by atoms with van der Waals surface area (Å²) in [6, 6.07) is 2.36. The van der Waals surface area contributed by atoms with Gasteiger partial charge in [-0.15, -0.1) is 5.10 Å². The molecule has 0 aliphatic rings. The molecule has 140 valence electrons. The number of carbonyl (C=O) groups is 2. The summed E-state index contributed by atoms with van der Waals surface area (Å²) in [6.07, 6.45) is -1.74. The molecule has 2 rings (SSSR count). The number of pyridine rings is 1. The Bertz CT molecular complexity index is 781. The van der Waals surface area contributed by atoms with Crippen molar-refractivity contribution < 1.29 is 37.0 Å². The van der Waals surface area contributed by atoms with E-state index >= 15 is 0 Å². The second-order valence-electron chi connectivity index (χ2n) is 4.89. The molecule has 9 nitrogen and oxygen atoms in total. The van der Waals surface area contributed by atoms with E-state index in [0.29, 0.717) is 0 Å². The van der Waals surface area contributed by atoms with Crippen molar-refractivity contribution in [2.45, 2.75) is 18.9 Å². The van der Waals surface area contributed by atoms with E-state index in [4.69, 9.17) is 5.11 Å². The molecule has 2 heterocycles. The second-order valence-corrected chi connectivity index (χ2v) is 4.89. The van der Waals surface area contributed by atoms with Gasteiger partial charge in [-0.2, -0.15) is 8.78 Å². The van der Waals surface area contributed by atoms with Gasteiger partial charge in [0.1, 0.15) is 6.54 Å². The second kappa shape index (κ2) is 7.76. The summed E-state index contributed by atoms with van der Waals surface area (Å²) < 4.78 is 55.0. The smallest absolute Gasteiger partial charge is 0.358 e. The molecule has 1 amide bonds. The van der Waals surface area contributed by atoms with Crippen LogP contribution in [0.25, 0.3) is 0 Å². The molecule has 0 unspecified atom stereocenters. The normalized spacial score (nSPS) is 11.4. The lowest BCUT2D eigenvalue weighted by molar-refractivity contribution is -0.148. The van der Waals surface area contributed by atoms with Gasteiger partial charge in [-0.25, -0.2) is 23.2 Å². The van der Waals surface area contributed by atoms with Crippen LogP contribution in [0.5, 0.6) is 5.88 Å². The predicted molar refractivity (Wildman–Crippen MR) is 76.3 cm³/mol. The third-order valence-electron chi connectivity index (χ3n) is 2.82. The molecule has 0 atom stereocenters. The van der Waals surface area contributed by atoms with E-state index in [9.17, 15) is 27.2 Å². The first-order valence-corrected chi connectivity index (χ1v) is 6.85. The Morgan fingerprint density at radius 1 is 1.35 bits per heavy atom. The monoisotopic (exact) mass is 377 g/mol. The maximum absolute atomic E-state index is 12.7. The van der Waals surface area contributed by atoms with Gasteiger partial charge >= 0.3 is 18.3 Å². The molecular formula is C13H11F4N5O4. The van der Waals surface area contributed by atoms with Crippen LogP contribution in [0, 0.1) is 0 Å². The number of carboxylic acids is 1. The molecule has 0 fully saturated rings. The zero-order chi connectivity index (χ0) is 19.3. The Hall–Kier alpha value is -3.25. The largest absolute Gasteiger partial charge is 0.476 e. The number of rotatable bonds is 8. The summed E-state index contributed by atoms with van der Waals surface area (Å²) in [5.74, 6) is -6.52. The number of hydrogen-bond acceptors (Lipinski definition) is 6. The van der Waals surface area contributed by atoms with Crippen LogP contribution in [0.4, 0.5) is 23.2 Å². The lowest BCUT2D eigenvalue weighted by atomic mass is 10.4. The van der Waals surface area contributed by atoms with Crippen LogP contribution in [0.3, 0.4) is 0 Å². The minimum atomic E-state index is -4.30. The van der Waals surface area contributed by atoms with Crippen molar-refractivity contribution in [2.24, 2.45) is 0 Å². The van der Waals surface area contributed by atoms with E-state index in [1.54, 1.807) is 0 Å². The van der Waals surface area contributed by atoms with Crippen LogP contribution in [0.2, 0.25) is 0 Å². The molecule has 0 aliphatic heterocycles. The molecule has 0 bridgehead atoms. The van der Waals surface area contributed by atoms with Crippen molar-refractivity contribution in [3.63, 3.8) is 0 Å². The molecule has 0 radical (unpaired) electrons. The van der Waals surface area contributed by atoms with E-state index in [1.165, 1.54) is 6.07 Å². The van der Waals surface area contributed by atoms with Gasteiger partial charge in [-0.3, -0.25) is 4.79 Å². The molecule has 0 saturated heterocycles. The van der Waals surface area contributed by atoms with Gasteiger partial charge in [0.25, 0.3) is 0 Å². The molecule has 0 aliphatic carbocycles. The van der Waals surface area contributed by atoms with Crippen LogP contribution in [0.15, 0.2) is 24.5 Å². The Kier molecular flexibility index (Phi) is 5.69. The minimum Gasteiger partial charge on any atom is -0.476 e. The number of halogens is 4. The van der Waals surface area contributed by atoms with Crippen molar-refractivity contribution in [1.82, 2.24) is 20.0 Å². The Balaban J connectivity index is 1.87. The number of nitrogens with zero attached hydrogens (tertiary/aromatic N) is 4. The van der Waals surface area contributed by atoms with Crippen molar-refractivity contribution in [1.29, 1.82) is 0 Å². The first-order chi connectivity index (χ1) is 12.2. The predicted octanol–water partition coefficient (Wildman–Crippen LogP) is 1.29. The van der Waals surface area contributed by atoms with Crippen LogP contribution >= 0.6 is 0 Å². The highest BCUT2D eigenvalue weighted by atomic mass is 19.3. The standard InChI is InChI=1S/C13H11F4N5O4/c14-12(15)13(16,17)6-26-10-2-1-7(3-18-10)19-9(23)5-22-4-8(11(24)25)20-21-22/h1-4,12H,5-6H2,(H,19,23)(H,24,25). The third-order valence-corrected chi connectivity index (χ3v) is 2.82. The maximum atomic E-state index is 12.7. The Labute approximate surface area is 142 Å². The molecule has 0 saturated carbocycles. The van der Waals surface area contributed by atoms with Gasteiger partial charge < -0.3 is 15.2 Å². The maximum Gasteiger partial charge on any atom is 0.358 e. The third kappa shape index (κ3) is 5.12.